The average Bonchev–Trinajstić information content (AvgIpc) is 2.94. The van der Waals surface area contributed by atoms with Gasteiger partial charge in [0.15, 0.2) is 11.5 Å². The molecule has 2 amide bonds. The van der Waals surface area contributed by atoms with Crippen molar-refractivity contribution in [2.45, 2.75) is 57.6 Å². The van der Waals surface area contributed by atoms with Crippen molar-refractivity contribution in [3.63, 3.8) is 0 Å². The van der Waals surface area contributed by atoms with Gasteiger partial charge in [0.05, 0.1) is 24.8 Å². The lowest BCUT2D eigenvalue weighted by Crippen LogP contribution is -2.54. The minimum atomic E-state index is -4.31. The number of carbonyl (C=O) groups is 2. The van der Waals surface area contributed by atoms with Crippen LogP contribution in [-0.2, 0) is 26.2 Å². The third kappa shape index (κ3) is 8.55. The molecule has 1 atom stereocenters. The van der Waals surface area contributed by atoms with Crippen molar-refractivity contribution in [2.75, 3.05) is 25.1 Å². The van der Waals surface area contributed by atoms with Crippen molar-refractivity contribution in [2.24, 2.45) is 0 Å². The van der Waals surface area contributed by atoms with E-state index in [4.69, 9.17) is 32.7 Å². The highest BCUT2D eigenvalue weighted by atomic mass is 35.5. The van der Waals surface area contributed by atoms with Gasteiger partial charge in [0.1, 0.15) is 12.6 Å². The van der Waals surface area contributed by atoms with E-state index in [1.807, 2.05) is 27.7 Å². The van der Waals surface area contributed by atoms with E-state index in [0.29, 0.717) is 21.4 Å². The van der Waals surface area contributed by atoms with Crippen LogP contribution in [0.1, 0.15) is 38.8 Å². The largest absolute Gasteiger partial charge is 0.493 e. The summed E-state index contributed by atoms with van der Waals surface area (Å²) in [6.45, 7) is 8.28. The van der Waals surface area contributed by atoms with Gasteiger partial charge in [0.2, 0.25) is 11.8 Å². The Morgan fingerprint density at radius 3 is 2.12 bits per heavy atom. The molecule has 43 heavy (non-hydrogen) atoms. The van der Waals surface area contributed by atoms with Gasteiger partial charge in [-0.1, -0.05) is 47.0 Å². The van der Waals surface area contributed by atoms with Gasteiger partial charge in [-0.3, -0.25) is 13.9 Å². The van der Waals surface area contributed by atoms with Crippen LogP contribution < -0.4 is 19.1 Å². The van der Waals surface area contributed by atoms with E-state index < -0.39 is 40.0 Å². The van der Waals surface area contributed by atoms with Crippen LogP contribution in [0.4, 0.5) is 5.69 Å². The van der Waals surface area contributed by atoms with Crippen LogP contribution in [0.5, 0.6) is 11.5 Å². The second kappa shape index (κ2) is 13.9. The molecule has 0 radical (unpaired) electrons. The summed E-state index contributed by atoms with van der Waals surface area (Å²) >= 11 is 12.5. The van der Waals surface area contributed by atoms with Crippen molar-refractivity contribution in [1.29, 1.82) is 0 Å². The van der Waals surface area contributed by atoms with Crippen LogP contribution in [0, 0.1) is 6.92 Å². The van der Waals surface area contributed by atoms with Crippen molar-refractivity contribution >= 4 is 50.7 Å². The van der Waals surface area contributed by atoms with E-state index in [9.17, 15) is 18.0 Å². The van der Waals surface area contributed by atoms with E-state index in [0.717, 1.165) is 9.87 Å². The number of hydrogen-bond acceptors (Lipinski definition) is 6. The maximum absolute atomic E-state index is 14.1. The third-order valence-corrected chi connectivity index (χ3v) is 8.92. The van der Waals surface area contributed by atoms with E-state index in [-0.39, 0.29) is 22.9 Å². The van der Waals surface area contributed by atoms with E-state index >= 15 is 0 Å². The van der Waals surface area contributed by atoms with Crippen LogP contribution in [0.3, 0.4) is 0 Å². The summed E-state index contributed by atoms with van der Waals surface area (Å²) in [5.74, 6) is -0.461. The number of benzene rings is 3. The fourth-order valence-corrected chi connectivity index (χ4v) is 6.13. The molecule has 0 fully saturated rings. The molecule has 0 aliphatic rings. The Kier molecular flexibility index (Phi) is 11.0. The number of hydrogen-bond donors (Lipinski definition) is 1. The Bertz CT molecular complexity index is 1570. The number of anilines is 1. The molecule has 0 saturated carbocycles. The number of aryl methyl sites for hydroxylation is 1. The lowest BCUT2D eigenvalue weighted by Gasteiger charge is -2.33. The first-order valence-electron chi connectivity index (χ1n) is 13.4. The number of carbonyl (C=O) groups excluding carboxylic acids is 2. The molecule has 0 bridgehead atoms. The molecule has 0 aromatic heterocycles. The van der Waals surface area contributed by atoms with Crippen molar-refractivity contribution < 1.29 is 27.5 Å². The minimum absolute atomic E-state index is 0.0638. The number of rotatable bonds is 11. The quantitative estimate of drug-likeness (QED) is 0.280. The van der Waals surface area contributed by atoms with E-state index in [2.05, 4.69) is 5.32 Å². The van der Waals surface area contributed by atoms with Gasteiger partial charge < -0.3 is 19.7 Å². The standard InChI is InChI=1S/C31H37Cl2N3O6S/c1-20-8-12-24(13-9-20)36(43(39,40)25-14-15-27(41-6)28(17-25)42-7)19-29(37)35(21(2)30(38)34-31(3,4)5)18-22-10-11-23(32)16-26(22)33/h8-17,21H,18-19H2,1-7H3,(H,34,38). The molecule has 1 unspecified atom stereocenters. The number of amides is 2. The highest BCUT2D eigenvalue weighted by molar-refractivity contribution is 7.92. The summed E-state index contributed by atoms with van der Waals surface area (Å²) in [7, 11) is -1.46. The Labute approximate surface area is 263 Å². The van der Waals surface area contributed by atoms with E-state index in [1.165, 1.54) is 37.3 Å². The number of nitrogens with one attached hydrogen (secondary N) is 1. The topological polar surface area (TPSA) is 105 Å². The van der Waals surface area contributed by atoms with Gasteiger partial charge in [-0.05, 0) is 76.6 Å². The molecule has 0 heterocycles. The summed E-state index contributed by atoms with van der Waals surface area (Å²) in [5.41, 5.74) is 1.15. The molecule has 0 spiro atoms. The Morgan fingerprint density at radius 1 is 0.930 bits per heavy atom. The summed E-state index contributed by atoms with van der Waals surface area (Å²) < 4.78 is 39.9. The molecule has 12 heteroatoms. The molecule has 3 aromatic rings. The second-order valence-corrected chi connectivity index (χ2v) is 13.7. The van der Waals surface area contributed by atoms with Gasteiger partial charge in [-0.2, -0.15) is 0 Å². The lowest BCUT2D eigenvalue weighted by atomic mass is 10.1. The monoisotopic (exact) mass is 649 g/mol. The smallest absolute Gasteiger partial charge is 0.264 e. The van der Waals surface area contributed by atoms with Gasteiger partial charge in [0, 0.05) is 28.2 Å². The summed E-state index contributed by atoms with van der Waals surface area (Å²) in [6.07, 6.45) is 0. The third-order valence-electron chi connectivity index (χ3n) is 6.57. The van der Waals surface area contributed by atoms with Crippen LogP contribution in [0.2, 0.25) is 10.0 Å². The minimum Gasteiger partial charge on any atom is -0.493 e. The Balaban J connectivity index is 2.10. The number of halogens is 2. The maximum Gasteiger partial charge on any atom is 0.264 e. The molecule has 0 saturated heterocycles. The molecular formula is C31H37Cl2N3O6S. The lowest BCUT2D eigenvalue weighted by molar-refractivity contribution is -0.140. The first-order chi connectivity index (χ1) is 20.1. The first kappa shape index (κ1) is 34.0. The molecule has 3 aromatic carbocycles. The predicted molar refractivity (Wildman–Crippen MR) is 170 cm³/mol. The van der Waals surface area contributed by atoms with Crippen LogP contribution >= 0.6 is 23.2 Å². The van der Waals surface area contributed by atoms with Gasteiger partial charge in [-0.25, -0.2) is 8.42 Å². The highest BCUT2D eigenvalue weighted by Gasteiger charge is 2.34. The maximum atomic E-state index is 14.1. The number of nitrogens with zero attached hydrogens (tertiary/aromatic N) is 2. The molecule has 0 aliphatic carbocycles. The molecular weight excluding hydrogens is 613 g/mol. The zero-order valence-electron chi connectivity index (χ0n) is 25.3. The number of methoxy groups -OCH3 is 2. The van der Waals surface area contributed by atoms with Gasteiger partial charge >= 0.3 is 0 Å². The van der Waals surface area contributed by atoms with Crippen LogP contribution in [0.25, 0.3) is 0 Å². The Hall–Kier alpha value is -3.47. The SMILES string of the molecule is COc1ccc(S(=O)(=O)N(CC(=O)N(Cc2ccc(Cl)cc2Cl)C(C)C(=O)NC(C)(C)C)c2ccc(C)cc2)cc1OC. The summed E-state index contributed by atoms with van der Waals surface area (Å²) in [5, 5.41) is 3.61. The molecule has 0 aliphatic heterocycles. The summed E-state index contributed by atoms with van der Waals surface area (Å²) in [6, 6.07) is 14.8. The average molecular weight is 651 g/mol. The predicted octanol–water partition coefficient (Wildman–Crippen LogP) is 5.85. The zero-order chi connectivity index (χ0) is 32.1. The van der Waals surface area contributed by atoms with Crippen LogP contribution in [-0.4, -0.2) is 57.5 Å². The fourth-order valence-electron chi connectivity index (χ4n) is 4.23. The summed E-state index contributed by atoms with van der Waals surface area (Å²) in [4.78, 5) is 28.6. The normalized spacial score (nSPS) is 12.3. The van der Waals surface area contributed by atoms with Crippen molar-refractivity contribution in [3.05, 3.63) is 81.8 Å². The molecule has 3 rings (SSSR count). The van der Waals surface area contributed by atoms with Crippen molar-refractivity contribution in [1.82, 2.24) is 10.2 Å². The molecule has 1 N–H and O–H groups in total. The molecule has 232 valence electrons. The van der Waals surface area contributed by atoms with E-state index in [1.54, 1.807) is 49.4 Å². The Morgan fingerprint density at radius 2 is 1.56 bits per heavy atom. The highest BCUT2D eigenvalue weighted by Crippen LogP contribution is 2.33. The van der Waals surface area contributed by atoms with Crippen LogP contribution in [0.15, 0.2) is 65.6 Å². The van der Waals surface area contributed by atoms with Gasteiger partial charge in [-0.15, -0.1) is 0 Å². The second-order valence-electron chi connectivity index (χ2n) is 11.0. The number of sulfonamides is 1. The number of ether oxygens (including phenoxy) is 2. The van der Waals surface area contributed by atoms with Crippen molar-refractivity contribution in [3.8, 4) is 11.5 Å². The molecule has 9 nitrogen and oxygen atoms in total. The first-order valence-corrected chi connectivity index (χ1v) is 15.6. The fraction of sp³-hybridized carbons (Fsp3) is 0.355. The zero-order valence-corrected chi connectivity index (χ0v) is 27.6. The van der Waals surface area contributed by atoms with Gasteiger partial charge in [0.25, 0.3) is 10.0 Å².